The molecule has 0 amide bonds. The Hall–Kier alpha value is -0.870. The van der Waals surface area contributed by atoms with Gasteiger partial charge in [-0.2, -0.15) is 5.10 Å². The molecule has 0 atom stereocenters. The maximum atomic E-state index is 4.29. The Morgan fingerprint density at radius 3 is 2.72 bits per heavy atom. The molecule has 18 heavy (non-hydrogen) atoms. The standard InChI is InChI=1S/C14H28N4/c1-4-8-13-11-14(17-16-13)12-15-9-7-10-18(5-2)6-3/h11,15H,4-10,12H2,1-3H3,(H,16,17). The van der Waals surface area contributed by atoms with Crippen LogP contribution >= 0.6 is 0 Å². The molecule has 4 nitrogen and oxygen atoms in total. The van der Waals surface area contributed by atoms with Crippen LogP contribution in [0.5, 0.6) is 0 Å². The molecule has 0 fully saturated rings. The van der Waals surface area contributed by atoms with Gasteiger partial charge < -0.3 is 10.2 Å². The van der Waals surface area contributed by atoms with Crippen LogP contribution in [0.25, 0.3) is 0 Å². The molecule has 0 radical (unpaired) electrons. The molecule has 0 aromatic carbocycles. The minimum Gasteiger partial charge on any atom is -0.311 e. The summed E-state index contributed by atoms with van der Waals surface area (Å²) in [4.78, 5) is 2.46. The van der Waals surface area contributed by atoms with E-state index < -0.39 is 0 Å². The fourth-order valence-corrected chi connectivity index (χ4v) is 2.07. The summed E-state index contributed by atoms with van der Waals surface area (Å²) in [7, 11) is 0. The molecule has 0 aliphatic carbocycles. The van der Waals surface area contributed by atoms with Crippen LogP contribution < -0.4 is 5.32 Å². The third kappa shape index (κ3) is 5.65. The monoisotopic (exact) mass is 252 g/mol. The number of nitrogens with one attached hydrogen (secondary N) is 2. The Bertz CT molecular complexity index is 304. The van der Waals surface area contributed by atoms with Gasteiger partial charge >= 0.3 is 0 Å². The highest BCUT2D eigenvalue weighted by molar-refractivity contribution is 5.08. The van der Waals surface area contributed by atoms with Crippen molar-refractivity contribution in [1.29, 1.82) is 0 Å². The van der Waals surface area contributed by atoms with E-state index in [1.54, 1.807) is 0 Å². The van der Waals surface area contributed by atoms with Crippen molar-refractivity contribution < 1.29 is 0 Å². The van der Waals surface area contributed by atoms with Gasteiger partial charge in [-0.1, -0.05) is 27.2 Å². The van der Waals surface area contributed by atoms with Gasteiger partial charge in [-0.3, -0.25) is 5.10 Å². The smallest absolute Gasteiger partial charge is 0.0625 e. The SMILES string of the molecule is CCCc1cc(CNCCCN(CC)CC)[nH]n1. The summed E-state index contributed by atoms with van der Waals surface area (Å²) in [6.45, 7) is 12.1. The maximum absolute atomic E-state index is 4.29. The van der Waals surface area contributed by atoms with E-state index in [1.807, 2.05) is 0 Å². The van der Waals surface area contributed by atoms with Gasteiger partial charge in [0.1, 0.15) is 0 Å². The largest absolute Gasteiger partial charge is 0.311 e. The zero-order valence-corrected chi connectivity index (χ0v) is 12.1. The molecule has 0 saturated heterocycles. The summed E-state index contributed by atoms with van der Waals surface area (Å²) < 4.78 is 0. The zero-order chi connectivity index (χ0) is 13.2. The topological polar surface area (TPSA) is 44.0 Å². The molecule has 0 unspecified atom stereocenters. The molecule has 1 rings (SSSR count). The van der Waals surface area contributed by atoms with E-state index in [2.05, 4.69) is 47.3 Å². The van der Waals surface area contributed by atoms with Crippen LogP contribution in [0.1, 0.15) is 45.0 Å². The minimum atomic E-state index is 0.898. The number of hydrogen-bond donors (Lipinski definition) is 2. The Morgan fingerprint density at radius 1 is 1.28 bits per heavy atom. The van der Waals surface area contributed by atoms with Crippen LogP contribution in [-0.2, 0) is 13.0 Å². The van der Waals surface area contributed by atoms with Crippen LogP contribution in [-0.4, -0.2) is 41.3 Å². The highest BCUT2D eigenvalue weighted by atomic mass is 15.1. The first-order valence-electron chi connectivity index (χ1n) is 7.26. The van der Waals surface area contributed by atoms with E-state index in [0.717, 1.165) is 39.0 Å². The molecule has 1 aromatic heterocycles. The van der Waals surface area contributed by atoms with E-state index >= 15 is 0 Å². The molecule has 0 spiro atoms. The lowest BCUT2D eigenvalue weighted by molar-refractivity contribution is 0.298. The molecule has 1 aromatic rings. The fourth-order valence-electron chi connectivity index (χ4n) is 2.07. The van der Waals surface area contributed by atoms with Crippen molar-refractivity contribution in [3.8, 4) is 0 Å². The quantitative estimate of drug-likeness (QED) is 0.627. The van der Waals surface area contributed by atoms with Gasteiger partial charge in [0.2, 0.25) is 0 Å². The first-order chi connectivity index (χ1) is 8.80. The van der Waals surface area contributed by atoms with Gasteiger partial charge in [0.15, 0.2) is 0 Å². The third-order valence-corrected chi connectivity index (χ3v) is 3.23. The maximum Gasteiger partial charge on any atom is 0.0625 e. The predicted molar refractivity (Wildman–Crippen MR) is 76.7 cm³/mol. The van der Waals surface area contributed by atoms with Crippen molar-refractivity contribution in [3.05, 3.63) is 17.5 Å². The molecule has 104 valence electrons. The molecule has 4 heteroatoms. The summed E-state index contributed by atoms with van der Waals surface area (Å²) >= 11 is 0. The van der Waals surface area contributed by atoms with Gasteiger partial charge in [0.25, 0.3) is 0 Å². The highest BCUT2D eigenvalue weighted by Crippen LogP contribution is 2.02. The number of aromatic amines is 1. The fraction of sp³-hybridized carbons (Fsp3) is 0.786. The normalized spacial score (nSPS) is 11.3. The van der Waals surface area contributed by atoms with E-state index in [0.29, 0.717) is 0 Å². The van der Waals surface area contributed by atoms with Crippen molar-refractivity contribution in [3.63, 3.8) is 0 Å². The van der Waals surface area contributed by atoms with Gasteiger partial charge in [-0.25, -0.2) is 0 Å². The second-order valence-corrected chi connectivity index (χ2v) is 4.69. The number of hydrogen-bond acceptors (Lipinski definition) is 3. The van der Waals surface area contributed by atoms with Crippen LogP contribution in [0.15, 0.2) is 6.07 Å². The summed E-state index contributed by atoms with van der Waals surface area (Å²) in [5.41, 5.74) is 2.37. The molecule has 0 bridgehead atoms. The zero-order valence-electron chi connectivity index (χ0n) is 12.1. The van der Waals surface area contributed by atoms with Crippen molar-refractivity contribution in [2.75, 3.05) is 26.2 Å². The lowest BCUT2D eigenvalue weighted by Gasteiger charge is -2.17. The molecule has 1 heterocycles. The summed E-state index contributed by atoms with van der Waals surface area (Å²) in [6, 6.07) is 2.17. The van der Waals surface area contributed by atoms with Crippen molar-refractivity contribution >= 4 is 0 Å². The van der Waals surface area contributed by atoms with Gasteiger partial charge in [-0.15, -0.1) is 0 Å². The highest BCUT2D eigenvalue weighted by Gasteiger charge is 2.00. The van der Waals surface area contributed by atoms with Gasteiger partial charge in [-0.05, 0) is 45.1 Å². The van der Waals surface area contributed by atoms with E-state index in [1.165, 1.54) is 24.4 Å². The van der Waals surface area contributed by atoms with E-state index in [4.69, 9.17) is 0 Å². The molecular formula is C14H28N4. The Morgan fingerprint density at radius 2 is 2.06 bits per heavy atom. The van der Waals surface area contributed by atoms with Crippen molar-refractivity contribution in [1.82, 2.24) is 20.4 Å². The van der Waals surface area contributed by atoms with Crippen LogP contribution in [0.3, 0.4) is 0 Å². The Balaban J connectivity index is 2.09. The number of H-pyrrole nitrogens is 1. The molecule has 0 aliphatic heterocycles. The lowest BCUT2D eigenvalue weighted by atomic mass is 10.2. The molecule has 0 saturated carbocycles. The first-order valence-corrected chi connectivity index (χ1v) is 7.26. The van der Waals surface area contributed by atoms with Crippen LogP contribution in [0.4, 0.5) is 0 Å². The minimum absolute atomic E-state index is 0.898. The predicted octanol–water partition coefficient (Wildman–Crippen LogP) is 2.18. The number of aromatic nitrogens is 2. The van der Waals surface area contributed by atoms with E-state index in [9.17, 15) is 0 Å². The average molecular weight is 252 g/mol. The second kappa shape index (κ2) is 9.11. The Labute approximate surface area is 111 Å². The second-order valence-electron chi connectivity index (χ2n) is 4.69. The first kappa shape index (κ1) is 15.2. The van der Waals surface area contributed by atoms with Crippen molar-refractivity contribution in [2.45, 2.75) is 46.6 Å². The van der Waals surface area contributed by atoms with Crippen LogP contribution in [0, 0.1) is 0 Å². The lowest BCUT2D eigenvalue weighted by Crippen LogP contribution is -2.27. The number of aryl methyl sites for hydroxylation is 1. The Kier molecular flexibility index (Phi) is 7.69. The summed E-state index contributed by atoms with van der Waals surface area (Å²) in [5.74, 6) is 0. The molecule has 2 N–H and O–H groups in total. The average Bonchev–Trinajstić information content (AvgIpc) is 2.82. The summed E-state index contributed by atoms with van der Waals surface area (Å²) in [5, 5.41) is 10.8. The van der Waals surface area contributed by atoms with Gasteiger partial charge in [0.05, 0.1) is 5.69 Å². The summed E-state index contributed by atoms with van der Waals surface area (Å²) in [6.07, 6.45) is 3.43. The van der Waals surface area contributed by atoms with Crippen LogP contribution in [0.2, 0.25) is 0 Å². The molecule has 0 aliphatic rings. The van der Waals surface area contributed by atoms with E-state index in [-0.39, 0.29) is 0 Å². The van der Waals surface area contributed by atoms with Gasteiger partial charge in [0, 0.05) is 12.2 Å². The number of nitrogens with zero attached hydrogens (tertiary/aromatic N) is 2. The van der Waals surface area contributed by atoms with Crippen molar-refractivity contribution in [2.24, 2.45) is 0 Å². The third-order valence-electron chi connectivity index (χ3n) is 3.23. The number of rotatable bonds is 10. The molecular weight excluding hydrogens is 224 g/mol.